The van der Waals surface area contributed by atoms with E-state index in [0.29, 0.717) is 10.7 Å². The number of aromatic nitrogens is 3. The van der Waals surface area contributed by atoms with Crippen molar-refractivity contribution in [3.05, 3.63) is 46.7 Å². The van der Waals surface area contributed by atoms with Gasteiger partial charge >= 0.3 is 10.1 Å². The number of anilines is 2. The Labute approximate surface area is 135 Å². The van der Waals surface area contributed by atoms with E-state index in [4.69, 9.17) is 23.2 Å². The molecule has 7 nitrogen and oxygen atoms in total. The quantitative estimate of drug-likeness (QED) is 0.698. The SMILES string of the molecule is O=S(=O)(O)c1c(Nc2ccc(Cl)cc2Cl)nn2cccnc12. The Hall–Kier alpha value is -1.87. The van der Waals surface area contributed by atoms with Crippen molar-refractivity contribution >= 4 is 50.5 Å². The van der Waals surface area contributed by atoms with Gasteiger partial charge in [0, 0.05) is 17.4 Å². The van der Waals surface area contributed by atoms with Gasteiger partial charge in [0.15, 0.2) is 16.4 Å². The third-order valence-electron chi connectivity index (χ3n) is 2.80. The lowest BCUT2D eigenvalue weighted by atomic mass is 10.3. The third kappa shape index (κ3) is 2.73. The van der Waals surface area contributed by atoms with Crippen LogP contribution in [-0.2, 0) is 10.1 Å². The second-order valence-corrected chi connectivity index (χ2v) is 6.49. The highest BCUT2D eigenvalue weighted by Crippen LogP contribution is 2.31. The standard InChI is InChI=1S/C12H8Cl2N4O3S/c13-7-2-3-9(8(14)6-7)16-11-10(22(19,20)21)12-15-4-1-5-18(12)17-11/h1-6H,(H,16,17)(H,19,20,21). The number of hydrogen-bond donors (Lipinski definition) is 2. The summed E-state index contributed by atoms with van der Waals surface area (Å²) in [5.74, 6) is -0.0922. The van der Waals surface area contributed by atoms with Crippen molar-refractivity contribution < 1.29 is 13.0 Å². The highest BCUT2D eigenvalue weighted by Gasteiger charge is 2.25. The highest BCUT2D eigenvalue weighted by molar-refractivity contribution is 7.86. The molecule has 0 fully saturated rings. The van der Waals surface area contributed by atoms with Crippen LogP contribution in [0.4, 0.5) is 11.5 Å². The number of halogens is 2. The van der Waals surface area contributed by atoms with E-state index in [-0.39, 0.29) is 16.5 Å². The summed E-state index contributed by atoms with van der Waals surface area (Å²) in [5.41, 5.74) is 0.386. The van der Waals surface area contributed by atoms with Gasteiger partial charge in [-0.15, -0.1) is 5.10 Å². The number of fused-ring (bicyclic) bond motifs is 1. The zero-order chi connectivity index (χ0) is 15.9. The van der Waals surface area contributed by atoms with E-state index in [1.165, 1.54) is 23.0 Å². The molecule has 0 aliphatic carbocycles. The Morgan fingerprint density at radius 1 is 1.27 bits per heavy atom. The average Bonchev–Trinajstić information content (AvgIpc) is 2.79. The van der Waals surface area contributed by atoms with Crippen molar-refractivity contribution in [1.29, 1.82) is 0 Å². The van der Waals surface area contributed by atoms with E-state index in [1.807, 2.05) is 0 Å². The summed E-state index contributed by atoms with van der Waals surface area (Å²) in [6.07, 6.45) is 2.90. The summed E-state index contributed by atoms with van der Waals surface area (Å²) in [6, 6.07) is 6.21. The lowest BCUT2D eigenvalue weighted by Crippen LogP contribution is -2.02. The topological polar surface area (TPSA) is 96.6 Å². The summed E-state index contributed by atoms with van der Waals surface area (Å²) >= 11 is 11.8. The number of nitrogens with one attached hydrogen (secondary N) is 1. The van der Waals surface area contributed by atoms with Gasteiger partial charge in [0.25, 0.3) is 0 Å². The first-order chi connectivity index (χ1) is 10.4. The molecule has 114 valence electrons. The molecule has 0 radical (unpaired) electrons. The fourth-order valence-electron chi connectivity index (χ4n) is 1.90. The average molecular weight is 359 g/mol. The molecular formula is C12H8Cl2N4O3S. The Morgan fingerprint density at radius 2 is 2.05 bits per heavy atom. The second-order valence-electron chi connectivity index (χ2n) is 4.29. The zero-order valence-electron chi connectivity index (χ0n) is 10.7. The maximum absolute atomic E-state index is 11.6. The molecule has 2 aromatic heterocycles. The van der Waals surface area contributed by atoms with E-state index >= 15 is 0 Å². The Kier molecular flexibility index (Phi) is 3.69. The summed E-state index contributed by atoms with van der Waals surface area (Å²) < 4.78 is 33.9. The van der Waals surface area contributed by atoms with Crippen LogP contribution in [0, 0.1) is 0 Å². The van der Waals surface area contributed by atoms with Gasteiger partial charge in [-0.3, -0.25) is 4.55 Å². The molecule has 0 aliphatic heterocycles. The molecule has 0 unspecified atom stereocenters. The van der Waals surface area contributed by atoms with Crippen LogP contribution >= 0.6 is 23.2 Å². The molecule has 0 bridgehead atoms. The molecule has 0 spiro atoms. The van der Waals surface area contributed by atoms with Gasteiger partial charge in [0.05, 0.1) is 10.7 Å². The first kappa shape index (κ1) is 15.0. The van der Waals surface area contributed by atoms with Crippen molar-refractivity contribution in [2.45, 2.75) is 4.90 Å². The predicted molar refractivity (Wildman–Crippen MR) is 82.5 cm³/mol. The van der Waals surface area contributed by atoms with Crippen LogP contribution < -0.4 is 5.32 Å². The minimum absolute atomic E-state index is 0.00224. The highest BCUT2D eigenvalue weighted by atomic mass is 35.5. The van der Waals surface area contributed by atoms with E-state index in [0.717, 1.165) is 0 Å². The molecule has 1 aromatic carbocycles. The van der Waals surface area contributed by atoms with Gasteiger partial charge in [-0.05, 0) is 24.3 Å². The van der Waals surface area contributed by atoms with Crippen LogP contribution in [-0.4, -0.2) is 27.6 Å². The predicted octanol–water partition coefficient (Wildman–Crippen LogP) is 3.03. The van der Waals surface area contributed by atoms with Crippen molar-refractivity contribution in [2.24, 2.45) is 0 Å². The van der Waals surface area contributed by atoms with E-state index < -0.39 is 15.0 Å². The molecule has 10 heteroatoms. The van der Waals surface area contributed by atoms with Gasteiger partial charge in [-0.1, -0.05) is 23.2 Å². The first-order valence-electron chi connectivity index (χ1n) is 5.89. The largest absolute Gasteiger partial charge is 0.336 e. The van der Waals surface area contributed by atoms with Crippen LogP contribution in [0.5, 0.6) is 0 Å². The first-order valence-corrected chi connectivity index (χ1v) is 8.09. The number of rotatable bonds is 3. The van der Waals surface area contributed by atoms with Crippen molar-refractivity contribution in [3.8, 4) is 0 Å². The van der Waals surface area contributed by atoms with Gasteiger partial charge in [-0.2, -0.15) is 8.42 Å². The van der Waals surface area contributed by atoms with Crippen LogP contribution in [0.25, 0.3) is 5.65 Å². The van der Waals surface area contributed by atoms with Crippen LogP contribution in [0.1, 0.15) is 0 Å². The maximum Gasteiger partial charge on any atom is 0.302 e. The van der Waals surface area contributed by atoms with Crippen molar-refractivity contribution in [1.82, 2.24) is 14.6 Å². The van der Waals surface area contributed by atoms with E-state index in [1.54, 1.807) is 18.2 Å². The molecular weight excluding hydrogens is 351 g/mol. The molecule has 0 atom stereocenters. The smallest absolute Gasteiger partial charge is 0.302 e. The fourth-order valence-corrected chi connectivity index (χ4v) is 3.07. The van der Waals surface area contributed by atoms with E-state index in [2.05, 4.69) is 15.4 Å². The van der Waals surface area contributed by atoms with Crippen LogP contribution in [0.3, 0.4) is 0 Å². The monoisotopic (exact) mass is 358 g/mol. The molecule has 0 amide bonds. The van der Waals surface area contributed by atoms with Crippen LogP contribution in [0.15, 0.2) is 41.6 Å². The lowest BCUT2D eigenvalue weighted by Gasteiger charge is -2.06. The summed E-state index contributed by atoms with van der Waals surface area (Å²) in [4.78, 5) is 3.48. The Balaban J connectivity index is 2.18. The number of nitrogens with zero attached hydrogens (tertiary/aromatic N) is 3. The normalized spacial score (nSPS) is 11.8. The van der Waals surface area contributed by atoms with Crippen molar-refractivity contribution in [2.75, 3.05) is 5.32 Å². The van der Waals surface area contributed by atoms with Gasteiger partial charge < -0.3 is 5.32 Å². The Bertz CT molecular complexity index is 972. The minimum atomic E-state index is -4.54. The Morgan fingerprint density at radius 3 is 2.73 bits per heavy atom. The minimum Gasteiger partial charge on any atom is -0.336 e. The maximum atomic E-state index is 11.6. The van der Waals surface area contributed by atoms with E-state index in [9.17, 15) is 13.0 Å². The van der Waals surface area contributed by atoms with Crippen molar-refractivity contribution in [3.63, 3.8) is 0 Å². The van der Waals surface area contributed by atoms with Gasteiger partial charge in [0.1, 0.15) is 0 Å². The molecule has 3 aromatic rings. The summed E-state index contributed by atoms with van der Waals surface area (Å²) in [5, 5.41) is 7.52. The molecule has 2 N–H and O–H groups in total. The molecule has 22 heavy (non-hydrogen) atoms. The second kappa shape index (κ2) is 5.40. The zero-order valence-corrected chi connectivity index (χ0v) is 13.1. The number of hydrogen-bond acceptors (Lipinski definition) is 5. The lowest BCUT2D eigenvalue weighted by molar-refractivity contribution is 0.484. The summed E-state index contributed by atoms with van der Waals surface area (Å²) in [7, 11) is -4.54. The fraction of sp³-hybridized carbons (Fsp3) is 0. The molecule has 0 saturated heterocycles. The molecule has 0 saturated carbocycles. The van der Waals surface area contributed by atoms with Gasteiger partial charge in [0.2, 0.25) is 0 Å². The molecule has 0 aliphatic rings. The third-order valence-corrected chi connectivity index (χ3v) is 4.23. The number of benzene rings is 1. The summed E-state index contributed by atoms with van der Waals surface area (Å²) in [6.45, 7) is 0. The molecule has 3 rings (SSSR count). The van der Waals surface area contributed by atoms with Crippen LogP contribution in [0.2, 0.25) is 10.0 Å². The molecule has 2 heterocycles. The van der Waals surface area contributed by atoms with Gasteiger partial charge in [-0.25, -0.2) is 9.50 Å².